The molecular formula is C26H33ClN4O4S. The first kappa shape index (κ1) is 26.3. The standard InChI is InChI=1S/C26H33ClN4O4S/c1-16(2)24(31-15-28-25(32)22-14-19(27)9-12-23(22)31)18-5-4-6-21(13-18)36(34,35)30-26(33)29-20-10-7-17(3)8-11-20/h4-6,9,12-14,16-17,20,24H,7-8,10-11,15H2,1-3H3,(H,28,32)(H2,29,30,33). The Bertz CT molecular complexity index is 1240. The number of fused-ring (bicyclic) bond motifs is 1. The molecule has 0 radical (unpaired) electrons. The van der Waals surface area contributed by atoms with Crippen LogP contribution in [0, 0.1) is 11.8 Å². The van der Waals surface area contributed by atoms with Crippen LogP contribution in [0.4, 0.5) is 10.5 Å². The van der Waals surface area contributed by atoms with Crippen molar-refractivity contribution in [2.24, 2.45) is 11.8 Å². The fourth-order valence-electron chi connectivity index (χ4n) is 5.12. The highest BCUT2D eigenvalue weighted by atomic mass is 35.5. The number of carbonyl (C=O) groups excluding carboxylic acids is 2. The molecule has 0 bridgehead atoms. The second-order valence-corrected chi connectivity index (χ2v) is 12.2. The molecule has 194 valence electrons. The fraction of sp³-hybridized carbons (Fsp3) is 0.462. The molecule has 1 aliphatic heterocycles. The Morgan fingerprint density at radius 2 is 1.83 bits per heavy atom. The van der Waals surface area contributed by atoms with E-state index in [-0.39, 0.29) is 35.5 Å². The van der Waals surface area contributed by atoms with Crippen LogP contribution in [-0.2, 0) is 10.0 Å². The summed E-state index contributed by atoms with van der Waals surface area (Å²) in [5.41, 5.74) is 1.96. The van der Waals surface area contributed by atoms with Crippen LogP contribution in [0.25, 0.3) is 0 Å². The number of hydrogen-bond donors (Lipinski definition) is 3. The number of carbonyl (C=O) groups is 2. The molecule has 1 heterocycles. The lowest BCUT2D eigenvalue weighted by atomic mass is 9.87. The second-order valence-electron chi connectivity index (χ2n) is 10.1. The SMILES string of the molecule is CC1CCC(NC(=O)NS(=O)(=O)c2cccc(C(C(C)C)N3CNC(=O)c4cc(Cl)ccc43)c2)CC1. The number of halogens is 1. The maximum absolute atomic E-state index is 13.1. The monoisotopic (exact) mass is 532 g/mol. The van der Waals surface area contributed by atoms with Gasteiger partial charge in [0, 0.05) is 11.1 Å². The number of nitrogens with one attached hydrogen (secondary N) is 3. The first-order valence-electron chi connectivity index (χ1n) is 12.3. The zero-order chi connectivity index (χ0) is 26.0. The Kier molecular flexibility index (Phi) is 7.80. The smallest absolute Gasteiger partial charge is 0.328 e. The highest BCUT2D eigenvalue weighted by Crippen LogP contribution is 2.37. The zero-order valence-corrected chi connectivity index (χ0v) is 22.3. The molecule has 1 aliphatic carbocycles. The van der Waals surface area contributed by atoms with Crippen molar-refractivity contribution in [1.29, 1.82) is 0 Å². The second kappa shape index (κ2) is 10.7. The molecule has 0 aromatic heterocycles. The average molecular weight is 533 g/mol. The predicted octanol–water partition coefficient (Wildman–Crippen LogP) is 4.81. The van der Waals surface area contributed by atoms with Gasteiger partial charge in [-0.1, -0.05) is 44.5 Å². The van der Waals surface area contributed by atoms with E-state index in [0.29, 0.717) is 16.5 Å². The van der Waals surface area contributed by atoms with E-state index in [2.05, 4.69) is 22.3 Å². The predicted molar refractivity (Wildman–Crippen MR) is 141 cm³/mol. The van der Waals surface area contributed by atoms with Crippen LogP contribution < -0.4 is 20.3 Å². The van der Waals surface area contributed by atoms with Gasteiger partial charge in [0.05, 0.1) is 28.9 Å². The Morgan fingerprint density at radius 1 is 1.11 bits per heavy atom. The van der Waals surface area contributed by atoms with Gasteiger partial charge in [-0.15, -0.1) is 0 Å². The fourth-order valence-corrected chi connectivity index (χ4v) is 6.26. The minimum Gasteiger partial charge on any atom is -0.346 e. The Hall–Kier alpha value is -2.78. The maximum Gasteiger partial charge on any atom is 0.328 e. The number of rotatable bonds is 6. The van der Waals surface area contributed by atoms with Crippen molar-refractivity contribution < 1.29 is 18.0 Å². The minimum atomic E-state index is -4.08. The third-order valence-corrected chi connectivity index (χ3v) is 8.54. The first-order valence-corrected chi connectivity index (χ1v) is 14.2. The maximum atomic E-state index is 13.1. The number of sulfonamides is 1. The number of hydrogen-bond acceptors (Lipinski definition) is 5. The number of amides is 3. The van der Waals surface area contributed by atoms with Crippen LogP contribution in [0.5, 0.6) is 0 Å². The molecule has 36 heavy (non-hydrogen) atoms. The Balaban J connectivity index is 1.57. The summed E-state index contributed by atoms with van der Waals surface area (Å²) in [4.78, 5) is 27.0. The molecule has 0 spiro atoms. The summed E-state index contributed by atoms with van der Waals surface area (Å²) in [7, 11) is -4.08. The topological polar surface area (TPSA) is 108 Å². The van der Waals surface area contributed by atoms with Gasteiger partial charge in [0.15, 0.2) is 0 Å². The van der Waals surface area contributed by atoms with Gasteiger partial charge in [-0.3, -0.25) is 4.79 Å². The number of nitrogens with zero attached hydrogens (tertiary/aromatic N) is 1. The summed E-state index contributed by atoms with van der Waals surface area (Å²) in [5, 5.41) is 6.15. The van der Waals surface area contributed by atoms with E-state index < -0.39 is 16.1 Å². The molecule has 3 amide bonds. The summed E-state index contributed by atoms with van der Waals surface area (Å²) >= 11 is 6.12. The molecule has 1 atom stereocenters. The van der Waals surface area contributed by atoms with Crippen molar-refractivity contribution in [2.45, 2.75) is 63.4 Å². The molecular weight excluding hydrogens is 500 g/mol. The van der Waals surface area contributed by atoms with Crippen molar-refractivity contribution in [3.63, 3.8) is 0 Å². The van der Waals surface area contributed by atoms with Gasteiger partial charge >= 0.3 is 6.03 Å². The van der Waals surface area contributed by atoms with E-state index in [1.807, 2.05) is 30.9 Å². The summed E-state index contributed by atoms with van der Waals surface area (Å²) in [5.74, 6) is 0.500. The molecule has 1 unspecified atom stereocenters. The quantitative estimate of drug-likeness (QED) is 0.495. The normalized spacial score (nSPS) is 20.9. The summed E-state index contributed by atoms with van der Waals surface area (Å²) < 4.78 is 28.3. The molecule has 8 nitrogen and oxygen atoms in total. The lowest BCUT2D eigenvalue weighted by molar-refractivity contribution is 0.0944. The molecule has 1 fully saturated rings. The summed E-state index contributed by atoms with van der Waals surface area (Å²) in [6.45, 7) is 6.53. The van der Waals surface area contributed by atoms with Crippen molar-refractivity contribution in [2.75, 3.05) is 11.6 Å². The lowest BCUT2D eigenvalue weighted by Crippen LogP contribution is -2.46. The summed E-state index contributed by atoms with van der Waals surface area (Å²) in [6, 6.07) is 10.8. The van der Waals surface area contributed by atoms with Gasteiger partial charge in [0.25, 0.3) is 15.9 Å². The van der Waals surface area contributed by atoms with Crippen LogP contribution >= 0.6 is 11.6 Å². The van der Waals surface area contributed by atoms with Crippen LogP contribution in [-0.4, -0.2) is 33.1 Å². The van der Waals surface area contributed by atoms with Gasteiger partial charge in [-0.05, 0) is 73.4 Å². The minimum absolute atomic E-state index is 0.00967. The highest BCUT2D eigenvalue weighted by Gasteiger charge is 2.32. The zero-order valence-electron chi connectivity index (χ0n) is 20.8. The van der Waals surface area contributed by atoms with Gasteiger partial charge in [-0.2, -0.15) is 0 Å². The van der Waals surface area contributed by atoms with Crippen molar-refractivity contribution in [3.05, 3.63) is 58.6 Å². The third kappa shape index (κ3) is 5.78. The van der Waals surface area contributed by atoms with E-state index in [1.54, 1.807) is 24.3 Å². The third-order valence-electron chi connectivity index (χ3n) is 6.98. The van der Waals surface area contributed by atoms with Crippen LogP contribution in [0.1, 0.15) is 68.4 Å². The largest absolute Gasteiger partial charge is 0.346 e. The molecule has 1 saturated carbocycles. The molecule has 3 N–H and O–H groups in total. The van der Waals surface area contributed by atoms with Crippen LogP contribution in [0.15, 0.2) is 47.4 Å². The average Bonchev–Trinajstić information content (AvgIpc) is 2.82. The highest BCUT2D eigenvalue weighted by molar-refractivity contribution is 7.90. The van der Waals surface area contributed by atoms with Crippen LogP contribution in [0.3, 0.4) is 0 Å². The molecule has 2 aromatic rings. The van der Waals surface area contributed by atoms with Gasteiger partial charge in [0.1, 0.15) is 0 Å². The number of anilines is 1. The van der Waals surface area contributed by atoms with Gasteiger partial charge < -0.3 is 15.5 Å². The van der Waals surface area contributed by atoms with Crippen molar-refractivity contribution in [1.82, 2.24) is 15.4 Å². The van der Waals surface area contributed by atoms with E-state index in [4.69, 9.17) is 11.6 Å². The van der Waals surface area contributed by atoms with E-state index in [9.17, 15) is 18.0 Å². The van der Waals surface area contributed by atoms with Crippen LogP contribution in [0.2, 0.25) is 5.02 Å². The van der Waals surface area contributed by atoms with Gasteiger partial charge in [-0.25, -0.2) is 17.9 Å². The van der Waals surface area contributed by atoms with Crippen molar-refractivity contribution in [3.8, 4) is 0 Å². The first-order chi connectivity index (χ1) is 17.0. The lowest BCUT2D eigenvalue weighted by Gasteiger charge is -2.40. The molecule has 4 rings (SSSR count). The number of urea groups is 1. The van der Waals surface area contributed by atoms with Crippen molar-refractivity contribution >= 4 is 39.2 Å². The molecule has 10 heteroatoms. The van der Waals surface area contributed by atoms with E-state index >= 15 is 0 Å². The summed E-state index contributed by atoms with van der Waals surface area (Å²) in [6.07, 6.45) is 3.73. The Morgan fingerprint density at radius 3 is 2.53 bits per heavy atom. The molecule has 2 aliphatic rings. The number of benzene rings is 2. The van der Waals surface area contributed by atoms with Gasteiger partial charge in [0.2, 0.25) is 0 Å². The van der Waals surface area contributed by atoms with E-state index in [0.717, 1.165) is 36.9 Å². The molecule has 0 saturated heterocycles. The van der Waals surface area contributed by atoms with E-state index in [1.165, 1.54) is 6.07 Å². The Labute approximate surface area is 217 Å². The molecule has 2 aromatic carbocycles.